The molecule has 1 aromatic rings. The number of carbonyl (C=O) groups excluding carboxylic acids is 1. The summed E-state index contributed by atoms with van der Waals surface area (Å²) in [5.41, 5.74) is 5.46. The Morgan fingerprint density at radius 1 is 1.91 bits per heavy atom. The Hall–Kier alpha value is -1.16. The molecule has 0 radical (unpaired) electrons. The van der Waals surface area contributed by atoms with Crippen LogP contribution in [0.15, 0.2) is 16.9 Å². The zero-order chi connectivity index (χ0) is 8.27. The molecule has 0 saturated carbocycles. The van der Waals surface area contributed by atoms with E-state index in [4.69, 9.17) is 10.2 Å². The average Bonchev–Trinajstić information content (AvgIpc) is 2.53. The summed E-state index contributed by atoms with van der Waals surface area (Å²) in [6, 6.07) is -0.492. The highest BCUT2D eigenvalue weighted by Crippen LogP contribution is 2.00. The van der Waals surface area contributed by atoms with Crippen LogP contribution >= 0.6 is 0 Å². The van der Waals surface area contributed by atoms with Gasteiger partial charge in [0.05, 0.1) is 12.2 Å². The molecule has 0 amide bonds. The average molecular weight is 154 g/mol. The molecule has 4 heteroatoms. The summed E-state index contributed by atoms with van der Waals surface area (Å²) in [5.74, 6) is -0.142. The number of oxazole rings is 1. The lowest BCUT2D eigenvalue weighted by Crippen LogP contribution is -2.29. The van der Waals surface area contributed by atoms with Crippen molar-refractivity contribution in [3.05, 3.63) is 18.4 Å². The minimum atomic E-state index is -0.492. The Kier molecular flexibility index (Phi) is 2.38. The summed E-state index contributed by atoms with van der Waals surface area (Å²) in [7, 11) is 0. The first kappa shape index (κ1) is 7.94. The SMILES string of the molecule is CC[C@H](N)C(=O)c1ncco1. The molecule has 0 saturated heterocycles. The van der Waals surface area contributed by atoms with Gasteiger partial charge in [0.1, 0.15) is 6.26 Å². The van der Waals surface area contributed by atoms with Gasteiger partial charge >= 0.3 is 0 Å². The van der Waals surface area contributed by atoms with Gasteiger partial charge in [0, 0.05) is 0 Å². The molecule has 11 heavy (non-hydrogen) atoms. The van der Waals surface area contributed by atoms with E-state index >= 15 is 0 Å². The third-order valence-electron chi connectivity index (χ3n) is 1.42. The standard InChI is InChI=1S/C7H10N2O2/c1-2-5(8)6(10)7-9-3-4-11-7/h3-5H,2,8H2,1H3/t5-/m0/s1. The van der Waals surface area contributed by atoms with E-state index < -0.39 is 6.04 Å². The maximum atomic E-state index is 11.2. The Morgan fingerprint density at radius 3 is 3.09 bits per heavy atom. The Labute approximate surface area is 64.4 Å². The van der Waals surface area contributed by atoms with Crippen LogP contribution < -0.4 is 5.73 Å². The number of hydrogen-bond acceptors (Lipinski definition) is 4. The molecule has 1 heterocycles. The molecular weight excluding hydrogens is 144 g/mol. The molecule has 0 unspecified atom stereocenters. The van der Waals surface area contributed by atoms with Gasteiger partial charge in [-0.2, -0.15) is 0 Å². The molecule has 60 valence electrons. The molecule has 1 atom stereocenters. The smallest absolute Gasteiger partial charge is 0.264 e. The van der Waals surface area contributed by atoms with Crippen molar-refractivity contribution in [3.8, 4) is 0 Å². The second kappa shape index (κ2) is 3.30. The van der Waals surface area contributed by atoms with E-state index in [1.807, 2.05) is 6.92 Å². The molecule has 0 fully saturated rings. The molecule has 0 spiro atoms. The molecule has 1 rings (SSSR count). The fraction of sp³-hybridized carbons (Fsp3) is 0.429. The molecular formula is C7H10N2O2. The minimum Gasteiger partial charge on any atom is -0.442 e. The lowest BCUT2D eigenvalue weighted by Gasteiger charge is -2.01. The zero-order valence-electron chi connectivity index (χ0n) is 6.28. The Balaban J connectivity index is 2.70. The van der Waals surface area contributed by atoms with Crippen LogP contribution in [0, 0.1) is 0 Å². The minimum absolute atomic E-state index is 0.0966. The van der Waals surface area contributed by atoms with Crippen LogP contribution in [0.4, 0.5) is 0 Å². The monoisotopic (exact) mass is 154 g/mol. The zero-order valence-corrected chi connectivity index (χ0v) is 6.28. The van der Waals surface area contributed by atoms with Gasteiger partial charge in [0.25, 0.3) is 5.89 Å². The van der Waals surface area contributed by atoms with E-state index in [1.54, 1.807) is 0 Å². The summed E-state index contributed by atoms with van der Waals surface area (Å²) < 4.78 is 4.78. The van der Waals surface area contributed by atoms with E-state index in [9.17, 15) is 4.79 Å². The van der Waals surface area contributed by atoms with Gasteiger partial charge in [0.15, 0.2) is 0 Å². The van der Waals surface area contributed by atoms with Gasteiger partial charge in [0.2, 0.25) is 5.78 Å². The van der Waals surface area contributed by atoms with Crippen LogP contribution in [-0.4, -0.2) is 16.8 Å². The highest BCUT2D eigenvalue weighted by atomic mass is 16.3. The maximum Gasteiger partial charge on any atom is 0.264 e. The van der Waals surface area contributed by atoms with Gasteiger partial charge in [-0.05, 0) is 6.42 Å². The van der Waals surface area contributed by atoms with Gasteiger partial charge in [-0.3, -0.25) is 4.79 Å². The number of ketones is 1. The number of carbonyl (C=O) groups is 1. The quantitative estimate of drug-likeness (QED) is 0.647. The third kappa shape index (κ3) is 1.65. The lowest BCUT2D eigenvalue weighted by molar-refractivity contribution is 0.0925. The molecule has 2 N–H and O–H groups in total. The number of nitrogens with two attached hydrogens (primary N) is 1. The van der Waals surface area contributed by atoms with Crippen molar-refractivity contribution in [1.29, 1.82) is 0 Å². The van der Waals surface area contributed by atoms with Crippen LogP contribution in [0.25, 0.3) is 0 Å². The summed E-state index contributed by atoms with van der Waals surface area (Å²) in [6.07, 6.45) is 3.38. The number of aromatic nitrogens is 1. The van der Waals surface area contributed by atoms with Crippen LogP contribution in [0.1, 0.15) is 24.0 Å². The van der Waals surface area contributed by atoms with E-state index in [2.05, 4.69) is 4.98 Å². The molecule has 1 aromatic heterocycles. The molecule has 4 nitrogen and oxygen atoms in total. The molecule has 0 aliphatic rings. The molecule has 0 aliphatic carbocycles. The van der Waals surface area contributed by atoms with Crippen molar-refractivity contribution in [1.82, 2.24) is 4.98 Å². The topological polar surface area (TPSA) is 69.1 Å². The second-order valence-electron chi connectivity index (χ2n) is 2.22. The first-order valence-corrected chi connectivity index (χ1v) is 3.45. The fourth-order valence-corrected chi connectivity index (χ4v) is 0.689. The number of Topliss-reactive ketones (excluding diaryl/α,β-unsaturated/α-hetero) is 1. The Bertz CT molecular complexity index is 231. The Morgan fingerprint density at radius 2 is 2.64 bits per heavy atom. The highest BCUT2D eigenvalue weighted by Gasteiger charge is 2.17. The van der Waals surface area contributed by atoms with Crippen LogP contribution in [-0.2, 0) is 0 Å². The van der Waals surface area contributed by atoms with E-state index in [0.29, 0.717) is 6.42 Å². The van der Waals surface area contributed by atoms with Gasteiger partial charge < -0.3 is 10.2 Å². The molecule has 0 aliphatic heterocycles. The predicted octanol–water partition coefficient (Wildman–Crippen LogP) is 0.595. The lowest BCUT2D eigenvalue weighted by atomic mass is 10.1. The van der Waals surface area contributed by atoms with Crippen LogP contribution in [0.5, 0.6) is 0 Å². The van der Waals surface area contributed by atoms with Crippen molar-refractivity contribution in [2.75, 3.05) is 0 Å². The summed E-state index contributed by atoms with van der Waals surface area (Å²) >= 11 is 0. The summed E-state index contributed by atoms with van der Waals surface area (Å²) in [4.78, 5) is 14.8. The van der Waals surface area contributed by atoms with Crippen molar-refractivity contribution < 1.29 is 9.21 Å². The van der Waals surface area contributed by atoms with E-state index in [1.165, 1.54) is 12.5 Å². The van der Waals surface area contributed by atoms with Gasteiger partial charge in [-0.25, -0.2) is 4.98 Å². The number of nitrogens with zero attached hydrogens (tertiary/aromatic N) is 1. The highest BCUT2D eigenvalue weighted by molar-refractivity contribution is 5.95. The molecule has 0 bridgehead atoms. The largest absolute Gasteiger partial charge is 0.442 e. The number of hydrogen-bond donors (Lipinski definition) is 1. The van der Waals surface area contributed by atoms with Gasteiger partial charge in [-0.1, -0.05) is 6.92 Å². The van der Waals surface area contributed by atoms with Crippen LogP contribution in [0.3, 0.4) is 0 Å². The fourth-order valence-electron chi connectivity index (χ4n) is 0.689. The summed E-state index contributed by atoms with van der Waals surface area (Å²) in [6.45, 7) is 1.84. The van der Waals surface area contributed by atoms with Crippen LogP contribution in [0.2, 0.25) is 0 Å². The normalized spacial score (nSPS) is 12.9. The predicted molar refractivity (Wildman–Crippen MR) is 39.1 cm³/mol. The summed E-state index contributed by atoms with van der Waals surface area (Å²) in [5, 5.41) is 0. The van der Waals surface area contributed by atoms with Crippen molar-refractivity contribution in [3.63, 3.8) is 0 Å². The van der Waals surface area contributed by atoms with Gasteiger partial charge in [-0.15, -0.1) is 0 Å². The molecule has 0 aromatic carbocycles. The second-order valence-corrected chi connectivity index (χ2v) is 2.22. The number of rotatable bonds is 3. The van der Waals surface area contributed by atoms with Crippen molar-refractivity contribution in [2.45, 2.75) is 19.4 Å². The van der Waals surface area contributed by atoms with Crippen molar-refractivity contribution >= 4 is 5.78 Å². The van der Waals surface area contributed by atoms with Crippen molar-refractivity contribution in [2.24, 2.45) is 5.73 Å². The van der Waals surface area contributed by atoms with E-state index in [-0.39, 0.29) is 11.7 Å². The van der Waals surface area contributed by atoms with E-state index in [0.717, 1.165) is 0 Å². The first-order chi connectivity index (χ1) is 5.25. The maximum absolute atomic E-state index is 11.2. The third-order valence-corrected chi connectivity index (χ3v) is 1.42. The first-order valence-electron chi connectivity index (χ1n) is 3.45.